The van der Waals surface area contributed by atoms with Crippen LogP contribution in [0.2, 0.25) is 0 Å². The van der Waals surface area contributed by atoms with Crippen LogP contribution in [0.25, 0.3) is 0 Å². The Labute approximate surface area is 178 Å². The van der Waals surface area contributed by atoms with Gasteiger partial charge in [0, 0.05) is 33.3 Å². The van der Waals surface area contributed by atoms with E-state index in [2.05, 4.69) is 0 Å². The van der Waals surface area contributed by atoms with Gasteiger partial charge in [0.2, 0.25) is 0 Å². The van der Waals surface area contributed by atoms with Gasteiger partial charge in [0.05, 0.1) is 12.0 Å². The Kier molecular flexibility index (Phi) is 4.78. The maximum atomic E-state index is 13.3. The van der Waals surface area contributed by atoms with Crippen molar-refractivity contribution in [1.29, 1.82) is 0 Å². The van der Waals surface area contributed by atoms with Crippen molar-refractivity contribution in [3.8, 4) is 0 Å². The second-order valence-corrected chi connectivity index (χ2v) is 9.22. The van der Waals surface area contributed by atoms with Crippen LogP contribution < -0.4 is 0 Å². The molecule has 11 heteroatoms. The van der Waals surface area contributed by atoms with E-state index in [0.717, 1.165) is 13.8 Å². The zero-order valence-electron chi connectivity index (χ0n) is 18.0. The molecule has 10 atom stereocenters. The van der Waals surface area contributed by atoms with E-state index in [9.17, 15) is 29.7 Å². The summed E-state index contributed by atoms with van der Waals surface area (Å²) in [5.41, 5.74) is -8.09. The van der Waals surface area contributed by atoms with Crippen molar-refractivity contribution in [2.75, 3.05) is 13.7 Å². The fraction of sp³-hybridized carbons (Fsp3) is 0.850. The topological polar surface area (TPSA) is 158 Å². The lowest BCUT2D eigenvalue weighted by Gasteiger charge is -2.64. The third-order valence-electron chi connectivity index (χ3n) is 8.15. The van der Waals surface area contributed by atoms with Gasteiger partial charge in [-0.25, -0.2) is 0 Å². The number of hydrogen-bond acceptors (Lipinski definition) is 11. The average molecular weight is 444 g/mol. The van der Waals surface area contributed by atoms with E-state index in [1.807, 2.05) is 0 Å². The summed E-state index contributed by atoms with van der Waals surface area (Å²) in [6.07, 6.45) is -6.96. The molecule has 2 saturated heterocycles. The molecule has 11 nitrogen and oxygen atoms in total. The van der Waals surface area contributed by atoms with E-state index < -0.39 is 83.2 Å². The molecule has 4 aliphatic rings. The highest BCUT2D eigenvalue weighted by molar-refractivity contribution is 5.84. The highest BCUT2D eigenvalue weighted by Gasteiger charge is 2.91. The minimum atomic E-state index is -2.38. The monoisotopic (exact) mass is 444 g/mol. The molecule has 0 radical (unpaired) electrons. The number of aliphatic hydroxyl groups excluding tert-OH is 1. The Morgan fingerprint density at radius 1 is 1.16 bits per heavy atom. The zero-order chi connectivity index (χ0) is 23.1. The van der Waals surface area contributed by atoms with Crippen LogP contribution >= 0.6 is 0 Å². The number of esters is 3. The molecule has 0 amide bonds. The van der Waals surface area contributed by atoms with Crippen molar-refractivity contribution < 1.29 is 53.4 Å². The molecule has 1 spiro atoms. The molecular formula is C20H28O11. The molecule has 2 aliphatic carbocycles. The Morgan fingerprint density at radius 2 is 1.77 bits per heavy atom. The van der Waals surface area contributed by atoms with Crippen molar-refractivity contribution in [3.05, 3.63) is 0 Å². The van der Waals surface area contributed by atoms with Gasteiger partial charge in [-0.05, 0) is 0 Å². The van der Waals surface area contributed by atoms with Crippen molar-refractivity contribution in [2.24, 2.45) is 16.7 Å². The molecule has 3 N–H and O–H groups in total. The number of hydrogen-bond donors (Lipinski definition) is 3. The third-order valence-corrected chi connectivity index (χ3v) is 8.15. The van der Waals surface area contributed by atoms with Crippen LogP contribution in [0.3, 0.4) is 0 Å². The van der Waals surface area contributed by atoms with Crippen molar-refractivity contribution in [3.63, 3.8) is 0 Å². The van der Waals surface area contributed by atoms with Crippen LogP contribution in [-0.2, 0) is 38.1 Å². The van der Waals surface area contributed by atoms with E-state index in [1.165, 1.54) is 14.0 Å². The van der Waals surface area contributed by atoms with Gasteiger partial charge in [0.1, 0.15) is 34.9 Å². The Morgan fingerprint density at radius 3 is 2.32 bits per heavy atom. The Balaban J connectivity index is 2.01. The van der Waals surface area contributed by atoms with E-state index in [-0.39, 0.29) is 6.42 Å². The second-order valence-electron chi connectivity index (χ2n) is 9.22. The van der Waals surface area contributed by atoms with Gasteiger partial charge < -0.3 is 39.0 Å². The van der Waals surface area contributed by atoms with E-state index >= 15 is 0 Å². The number of carbonyl (C=O) groups is 3. The summed E-state index contributed by atoms with van der Waals surface area (Å²) in [4.78, 5) is 37.2. The summed E-state index contributed by atoms with van der Waals surface area (Å²) < 4.78 is 27.1. The van der Waals surface area contributed by atoms with Crippen LogP contribution in [0.15, 0.2) is 0 Å². The lowest BCUT2D eigenvalue weighted by Crippen LogP contribution is -2.83. The van der Waals surface area contributed by atoms with Gasteiger partial charge in [-0.2, -0.15) is 0 Å². The molecular weight excluding hydrogens is 416 g/mol. The van der Waals surface area contributed by atoms with Crippen molar-refractivity contribution in [2.45, 2.75) is 76.0 Å². The molecule has 2 saturated carbocycles. The molecule has 4 fully saturated rings. The number of methoxy groups -OCH3 is 1. The Hall–Kier alpha value is -1.79. The second kappa shape index (κ2) is 6.61. The van der Waals surface area contributed by atoms with Crippen molar-refractivity contribution >= 4 is 17.9 Å². The minimum Gasteiger partial charge on any atom is -0.459 e. The van der Waals surface area contributed by atoms with Gasteiger partial charge in [0.15, 0.2) is 12.4 Å². The number of carbonyl (C=O) groups excluding carboxylic acids is 3. The normalized spacial score (nSPS) is 52.7. The number of aliphatic hydroxyl groups is 3. The molecule has 2 aliphatic heterocycles. The lowest BCUT2D eigenvalue weighted by atomic mass is 9.44. The van der Waals surface area contributed by atoms with E-state index in [4.69, 9.17) is 23.7 Å². The van der Waals surface area contributed by atoms with Crippen LogP contribution in [-0.4, -0.2) is 88.9 Å². The molecule has 0 aromatic heterocycles. The van der Waals surface area contributed by atoms with Crippen LogP contribution in [0, 0.1) is 16.7 Å². The van der Waals surface area contributed by atoms with E-state index in [0.29, 0.717) is 0 Å². The first kappa shape index (κ1) is 22.4. The van der Waals surface area contributed by atoms with Crippen molar-refractivity contribution in [1.82, 2.24) is 0 Å². The average Bonchev–Trinajstić information content (AvgIpc) is 3.11. The first-order chi connectivity index (χ1) is 14.3. The van der Waals surface area contributed by atoms with Gasteiger partial charge in [-0.15, -0.1) is 0 Å². The first-order valence-electron chi connectivity index (χ1n) is 10.2. The summed E-state index contributed by atoms with van der Waals surface area (Å²) >= 11 is 0. The number of rotatable bonds is 3. The highest BCUT2D eigenvalue weighted by atomic mass is 16.7. The largest absolute Gasteiger partial charge is 0.459 e. The van der Waals surface area contributed by atoms with Crippen LogP contribution in [0.5, 0.6) is 0 Å². The SMILES string of the molecule is CO[C@@H]1OC[C@]2(O)[C@H]3C[C@@]4(C(=O)O3)[C@H](C)[C@H](OC(C)=O)[C@@H](OC(C)=O)[C@]4(O)[C@]2(C)[C@H]1O. The summed E-state index contributed by atoms with van der Waals surface area (Å²) in [6, 6.07) is 0. The fourth-order valence-electron chi connectivity index (χ4n) is 6.59. The van der Waals surface area contributed by atoms with Gasteiger partial charge >= 0.3 is 17.9 Å². The standard InChI is InChI=1S/C20H28O11/c1-8-12(29-9(2)21)14(30-10(3)22)20(26)17(4)13(23)15(27-5)28-7-19(17,25)11-6-18(8,20)16(24)31-11/h8,11-15,23,25-26H,6-7H2,1-5H3/t8-,11-,12+,13+,14-,15-,17-,18+,19+,20+/m1/s1. The molecule has 31 heavy (non-hydrogen) atoms. The molecule has 2 bridgehead atoms. The number of fused-ring (bicyclic) bond motifs is 4. The maximum absolute atomic E-state index is 13.3. The summed E-state index contributed by atoms with van der Waals surface area (Å²) in [7, 11) is 1.28. The lowest BCUT2D eigenvalue weighted by molar-refractivity contribution is -0.386. The molecule has 0 aromatic carbocycles. The summed E-state index contributed by atoms with van der Waals surface area (Å²) in [5.74, 6) is -3.20. The molecule has 0 aromatic rings. The quantitative estimate of drug-likeness (QED) is 0.349. The maximum Gasteiger partial charge on any atom is 0.316 e. The molecule has 2 heterocycles. The first-order valence-corrected chi connectivity index (χ1v) is 10.2. The van der Waals surface area contributed by atoms with Crippen LogP contribution in [0.4, 0.5) is 0 Å². The predicted molar refractivity (Wildman–Crippen MR) is 98.0 cm³/mol. The predicted octanol–water partition coefficient (Wildman–Crippen LogP) is -1.35. The van der Waals surface area contributed by atoms with Gasteiger partial charge in [0.25, 0.3) is 0 Å². The van der Waals surface area contributed by atoms with E-state index in [1.54, 1.807) is 6.92 Å². The fourth-order valence-corrected chi connectivity index (χ4v) is 6.59. The summed E-state index contributed by atoms with van der Waals surface area (Å²) in [6.45, 7) is 4.80. The summed E-state index contributed by atoms with van der Waals surface area (Å²) in [5, 5.41) is 35.4. The molecule has 0 unspecified atom stereocenters. The number of ether oxygens (including phenoxy) is 5. The van der Waals surface area contributed by atoms with Gasteiger partial charge in [-0.3, -0.25) is 14.4 Å². The van der Waals surface area contributed by atoms with Gasteiger partial charge in [-0.1, -0.05) is 13.8 Å². The minimum absolute atomic E-state index is 0.140. The molecule has 4 rings (SSSR count). The smallest absolute Gasteiger partial charge is 0.316 e. The van der Waals surface area contributed by atoms with Crippen LogP contribution in [0.1, 0.15) is 34.1 Å². The third kappa shape index (κ3) is 2.28. The molecule has 174 valence electrons. The zero-order valence-corrected chi connectivity index (χ0v) is 18.0. The highest BCUT2D eigenvalue weighted by Crippen LogP contribution is 2.73. The Bertz CT molecular complexity index is 830.